The summed E-state index contributed by atoms with van der Waals surface area (Å²) in [7, 11) is 0. The number of hydrogen-bond donors (Lipinski definition) is 2. The summed E-state index contributed by atoms with van der Waals surface area (Å²) in [5.41, 5.74) is 11.2. The third-order valence-corrected chi connectivity index (χ3v) is 2.56. The highest BCUT2D eigenvalue weighted by molar-refractivity contribution is 4.73. The molecule has 0 aromatic heterocycles. The van der Waals surface area contributed by atoms with E-state index in [-0.39, 0.29) is 0 Å². The first-order valence-corrected chi connectivity index (χ1v) is 6.27. The minimum Gasteiger partial charge on any atom is -0.330 e. The molecule has 2 unspecified atom stereocenters. The van der Waals surface area contributed by atoms with Crippen molar-refractivity contribution in [3.05, 3.63) is 0 Å². The van der Waals surface area contributed by atoms with Gasteiger partial charge in [-0.25, -0.2) is 0 Å². The van der Waals surface area contributed by atoms with Crippen LogP contribution in [0.15, 0.2) is 0 Å². The molecule has 2 nitrogen and oxygen atoms in total. The average Bonchev–Trinajstić information content (AvgIpc) is 2.34. The Bertz CT molecular complexity index is 84.3. The molecule has 0 aromatic rings. The van der Waals surface area contributed by atoms with Crippen LogP contribution in [0.4, 0.5) is 0 Å². The smallest absolute Gasteiger partial charge is 0.00488 e. The molecule has 14 heavy (non-hydrogen) atoms. The van der Waals surface area contributed by atoms with E-state index < -0.39 is 0 Å². The van der Waals surface area contributed by atoms with E-state index in [9.17, 15) is 0 Å². The van der Waals surface area contributed by atoms with Gasteiger partial charge in [-0.05, 0) is 44.2 Å². The van der Waals surface area contributed by atoms with Crippen LogP contribution < -0.4 is 11.5 Å². The summed E-state index contributed by atoms with van der Waals surface area (Å²) in [5, 5.41) is 0. The van der Waals surface area contributed by atoms with Crippen LogP contribution in [0.1, 0.15) is 53.4 Å². The van der Waals surface area contributed by atoms with Gasteiger partial charge in [0.05, 0.1) is 0 Å². The van der Waals surface area contributed by atoms with Crippen molar-refractivity contribution in [1.82, 2.24) is 0 Å². The third-order valence-electron chi connectivity index (χ3n) is 2.56. The Morgan fingerprint density at radius 3 is 1.50 bits per heavy atom. The van der Waals surface area contributed by atoms with Crippen molar-refractivity contribution in [2.45, 2.75) is 53.4 Å². The quantitative estimate of drug-likeness (QED) is 0.723. The molecule has 0 heterocycles. The zero-order valence-corrected chi connectivity index (χ0v) is 10.6. The van der Waals surface area contributed by atoms with Crippen LogP contribution in [0.5, 0.6) is 0 Å². The molecular formula is C12H30N2. The molecule has 1 fully saturated rings. The minimum atomic E-state index is 0.766. The zero-order chi connectivity index (χ0) is 11.4. The Morgan fingerprint density at radius 1 is 0.857 bits per heavy atom. The molecule has 1 aliphatic carbocycles. The van der Waals surface area contributed by atoms with Gasteiger partial charge in [-0.2, -0.15) is 0 Å². The summed E-state index contributed by atoms with van der Waals surface area (Å²) >= 11 is 0. The summed E-state index contributed by atoms with van der Waals surface area (Å²) < 4.78 is 0. The number of rotatable bonds is 2. The first kappa shape index (κ1) is 16.4. The van der Waals surface area contributed by atoms with Crippen molar-refractivity contribution in [3.8, 4) is 0 Å². The summed E-state index contributed by atoms with van der Waals surface area (Å²) in [6.45, 7) is 9.72. The van der Waals surface area contributed by atoms with Crippen LogP contribution in [-0.2, 0) is 0 Å². The van der Waals surface area contributed by atoms with Gasteiger partial charge in [0.15, 0.2) is 0 Å². The van der Waals surface area contributed by atoms with Crippen LogP contribution in [0, 0.1) is 11.8 Å². The second kappa shape index (κ2) is 12.9. The highest BCUT2D eigenvalue weighted by Crippen LogP contribution is 2.27. The molecule has 1 saturated carbocycles. The molecule has 0 radical (unpaired) electrons. The molecule has 1 aliphatic rings. The van der Waals surface area contributed by atoms with Gasteiger partial charge in [0, 0.05) is 0 Å². The van der Waals surface area contributed by atoms with Crippen LogP contribution in [0.2, 0.25) is 0 Å². The monoisotopic (exact) mass is 202 g/mol. The molecule has 0 saturated heterocycles. The van der Waals surface area contributed by atoms with Crippen LogP contribution in [0.25, 0.3) is 0 Å². The van der Waals surface area contributed by atoms with E-state index in [0.29, 0.717) is 0 Å². The van der Waals surface area contributed by atoms with Crippen LogP contribution in [-0.4, -0.2) is 13.1 Å². The Hall–Kier alpha value is -0.0800. The maximum absolute atomic E-state index is 5.58. The average molecular weight is 202 g/mol. The Labute approximate surface area is 90.4 Å². The summed E-state index contributed by atoms with van der Waals surface area (Å²) in [6, 6.07) is 0. The molecule has 88 valence electrons. The number of nitrogens with two attached hydrogens (primary N) is 2. The fourth-order valence-corrected chi connectivity index (χ4v) is 1.83. The molecule has 2 heteroatoms. The van der Waals surface area contributed by atoms with E-state index in [0.717, 1.165) is 24.9 Å². The standard InChI is InChI=1S/C8H18N2.2C2H6/c9-5-7-2-1-3-8(4-7)6-10;2*1-2/h7-8H,1-6,9-10H2;2*1-2H3. The lowest BCUT2D eigenvalue weighted by Gasteiger charge is -2.26. The van der Waals surface area contributed by atoms with Crippen molar-refractivity contribution in [2.24, 2.45) is 23.3 Å². The summed E-state index contributed by atoms with van der Waals surface area (Å²) in [6.07, 6.45) is 5.26. The van der Waals surface area contributed by atoms with Gasteiger partial charge in [-0.3, -0.25) is 0 Å². The summed E-state index contributed by atoms with van der Waals surface area (Å²) in [5.74, 6) is 1.53. The molecule has 0 spiro atoms. The summed E-state index contributed by atoms with van der Waals surface area (Å²) in [4.78, 5) is 0. The van der Waals surface area contributed by atoms with Crippen molar-refractivity contribution in [2.75, 3.05) is 13.1 Å². The second-order valence-corrected chi connectivity index (χ2v) is 3.37. The zero-order valence-electron chi connectivity index (χ0n) is 10.6. The molecule has 4 N–H and O–H groups in total. The molecule has 0 amide bonds. The largest absolute Gasteiger partial charge is 0.330 e. The lowest BCUT2D eigenvalue weighted by molar-refractivity contribution is 0.277. The van der Waals surface area contributed by atoms with Crippen molar-refractivity contribution < 1.29 is 0 Å². The van der Waals surface area contributed by atoms with E-state index in [2.05, 4.69) is 0 Å². The van der Waals surface area contributed by atoms with E-state index in [1.807, 2.05) is 27.7 Å². The first-order chi connectivity index (χ1) is 6.86. The molecule has 2 atom stereocenters. The molecule has 0 aromatic carbocycles. The van der Waals surface area contributed by atoms with E-state index in [1.165, 1.54) is 25.7 Å². The lowest BCUT2D eigenvalue weighted by Crippen LogP contribution is -2.26. The van der Waals surface area contributed by atoms with Crippen molar-refractivity contribution >= 4 is 0 Å². The van der Waals surface area contributed by atoms with Crippen LogP contribution >= 0.6 is 0 Å². The Kier molecular flexibility index (Phi) is 15.1. The minimum absolute atomic E-state index is 0.766. The normalized spacial score (nSPS) is 25.3. The maximum Gasteiger partial charge on any atom is -0.00488 e. The Balaban J connectivity index is 0. The molecular weight excluding hydrogens is 172 g/mol. The van der Waals surface area contributed by atoms with Gasteiger partial charge in [-0.1, -0.05) is 34.1 Å². The van der Waals surface area contributed by atoms with Gasteiger partial charge < -0.3 is 11.5 Å². The van der Waals surface area contributed by atoms with Gasteiger partial charge in [0.25, 0.3) is 0 Å². The highest BCUT2D eigenvalue weighted by atomic mass is 14.6. The molecule has 1 rings (SSSR count). The highest BCUT2D eigenvalue weighted by Gasteiger charge is 2.19. The second-order valence-electron chi connectivity index (χ2n) is 3.37. The topological polar surface area (TPSA) is 52.0 Å². The van der Waals surface area contributed by atoms with E-state index in [4.69, 9.17) is 11.5 Å². The van der Waals surface area contributed by atoms with Crippen molar-refractivity contribution in [1.29, 1.82) is 0 Å². The van der Waals surface area contributed by atoms with E-state index >= 15 is 0 Å². The van der Waals surface area contributed by atoms with Crippen molar-refractivity contribution in [3.63, 3.8) is 0 Å². The maximum atomic E-state index is 5.58. The predicted molar refractivity (Wildman–Crippen MR) is 66.3 cm³/mol. The van der Waals surface area contributed by atoms with Gasteiger partial charge >= 0.3 is 0 Å². The van der Waals surface area contributed by atoms with Gasteiger partial charge in [0.1, 0.15) is 0 Å². The molecule has 0 aliphatic heterocycles. The first-order valence-electron chi connectivity index (χ1n) is 6.27. The lowest BCUT2D eigenvalue weighted by atomic mass is 9.81. The fraction of sp³-hybridized carbons (Fsp3) is 1.00. The molecule has 0 bridgehead atoms. The SMILES string of the molecule is CC.CC.NCC1CCCC(CN)C1. The number of hydrogen-bond acceptors (Lipinski definition) is 2. The van der Waals surface area contributed by atoms with E-state index in [1.54, 1.807) is 0 Å². The van der Waals surface area contributed by atoms with Gasteiger partial charge in [-0.15, -0.1) is 0 Å². The third kappa shape index (κ3) is 7.34. The fourth-order valence-electron chi connectivity index (χ4n) is 1.83. The van der Waals surface area contributed by atoms with Gasteiger partial charge in [0.2, 0.25) is 0 Å². The predicted octanol–water partition coefficient (Wildman–Crippen LogP) is 2.76. The van der Waals surface area contributed by atoms with Crippen LogP contribution in [0.3, 0.4) is 0 Å². The Morgan fingerprint density at radius 2 is 1.21 bits per heavy atom.